The summed E-state index contributed by atoms with van der Waals surface area (Å²) in [4.78, 5) is 5.97. The van der Waals surface area contributed by atoms with Gasteiger partial charge in [0.25, 0.3) is 0 Å². The summed E-state index contributed by atoms with van der Waals surface area (Å²) in [5.74, 6) is 2.02. The van der Waals surface area contributed by atoms with E-state index in [4.69, 9.17) is 0 Å². The van der Waals surface area contributed by atoms with Crippen molar-refractivity contribution in [3.05, 3.63) is 77.4 Å². The van der Waals surface area contributed by atoms with E-state index in [0.29, 0.717) is 0 Å². The molecule has 0 saturated carbocycles. The topological polar surface area (TPSA) is 24.4 Å². The zero-order chi connectivity index (χ0) is 17.1. The zero-order valence-electron chi connectivity index (χ0n) is 14.5. The summed E-state index contributed by atoms with van der Waals surface area (Å²) in [5.41, 5.74) is 4.01. The first-order chi connectivity index (χ1) is 12.3. The Morgan fingerprint density at radius 2 is 1.84 bits per heavy atom. The van der Waals surface area contributed by atoms with Crippen LogP contribution < -0.4 is 5.32 Å². The van der Waals surface area contributed by atoms with Gasteiger partial charge >= 0.3 is 0 Å². The van der Waals surface area contributed by atoms with E-state index in [2.05, 4.69) is 77.9 Å². The number of amidine groups is 1. The minimum atomic E-state index is 0.920. The molecule has 0 saturated heterocycles. The highest BCUT2D eigenvalue weighted by Crippen LogP contribution is 2.31. The fraction of sp³-hybridized carbons (Fsp3) is 0.227. The normalized spacial score (nSPS) is 14.2. The van der Waals surface area contributed by atoms with E-state index in [1.165, 1.54) is 32.4 Å². The summed E-state index contributed by atoms with van der Waals surface area (Å²) in [7, 11) is 0. The van der Waals surface area contributed by atoms with Gasteiger partial charge in [0, 0.05) is 29.3 Å². The molecule has 3 heteroatoms. The van der Waals surface area contributed by atoms with Gasteiger partial charge < -0.3 is 5.32 Å². The predicted octanol–water partition coefficient (Wildman–Crippen LogP) is 5.18. The summed E-state index contributed by atoms with van der Waals surface area (Å²) in [5, 5.41) is 6.13. The number of nitrogens with one attached hydrogen (secondary N) is 1. The molecule has 0 radical (unpaired) electrons. The minimum Gasteiger partial charge on any atom is -0.370 e. The number of thioether (sulfide) groups is 1. The van der Waals surface area contributed by atoms with Crippen LogP contribution in [0.5, 0.6) is 0 Å². The molecule has 1 aliphatic heterocycles. The van der Waals surface area contributed by atoms with Crippen molar-refractivity contribution in [3.8, 4) is 0 Å². The van der Waals surface area contributed by atoms with Crippen molar-refractivity contribution in [2.75, 3.05) is 13.1 Å². The van der Waals surface area contributed by atoms with Crippen LogP contribution in [-0.4, -0.2) is 18.9 Å². The third kappa shape index (κ3) is 3.42. The molecule has 0 spiro atoms. The van der Waals surface area contributed by atoms with Crippen molar-refractivity contribution in [2.45, 2.75) is 24.0 Å². The Labute approximate surface area is 153 Å². The Balaban J connectivity index is 1.65. The zero-order valence-corrected chi connectivity index (χ0v) is 15.3. The van der Waals surface area contributed by atoms with Crippen molar-refractivity contribution in [1.29, 1.82) is 0 Å². The molecule has 0 fully saturated rings. The fourth-order valence-corrected chi connectivity index (χ4v) is 4.47. The van der Waals surface area contributed by atoms with E-state index >= 15 is 0 Å². The monoisotopic (exact) mass is 346 g/mol. The number of hydrogen-bond donors (Lipinski definition) is 1. The lowest BCUT2D eigenvalue weighted by Gasteiger charge is -2.18. The number of fused-ring (bicyclic) bond motifs is 1. The highest BCUT2D eigenvalue weighted by atomic mass is 32.2. The van der Waals surface area contributed by atoms with Crippen molar-refractivity contribution < 1.29 is 0 Å². The van der Waals surface area contributed by atoms with E-state index in [0.717, 1.165) is 31.1 Å². The Morgan fingerprint density at radius 1 is 1.00 bits per heavy atom. The molecule has 0 atom stereocenters. The van der Waals surface area contributed by atoms with E-state index in [1.54, 1.807) is 0 Å². The molecule has 3 aromatic rings. The van der Waals surface area contributed by atoms with Gasteiger partial charge in [-0.1, -0.05) is 54.6 Å². The van der Waals surface area contributed by atoms with Gasteiger partial charge in [-0.05, 0) is 41.3 Å². The summed E-state index contributed by atoms with van der Waals surface area (Å²) in [6.07, 6.45) is 1.12. The molecule has 0 aliphatic carbocycles. The lowest BCUT2D eigenvalue weighted by Crippen LogP contribution is -2.30. The Hall–Kier alpha value is -2.26. The third-order valence-corrected chi connectivity index (χ3v) is 5.79. The van der Waals surface area contributed by atoms with Gasteiger partial charge in [-0.25, -0.2) is 0 Å². The molecule has 2 nitrogen and oxygen atoms in total. The van der Waals surface area contributed by atoms with Gasteiger partial charge in [0.05, 0.1) is 0 Å². The highest BCUT2D eigenvalue weighted by Gasteiger charge is 2.13. The van der Waals surface area contributed by atoms with E-state index in [1.807, 2.05) is 11.8 Å². The Morgan fingerprint density at radius 3 is 2.72 bits per heavy atom. The van der Waals surface area contributed by atoms with Gasteiger partial charge in [-0.15, -0.1) is 11.8 Å². The van der Waals surface area contributed by atoms with Crippen LogP contribution in [0.4, 0.5) is 0 Å². The van der Waals surface area contributed by atoms with Gasteiger partial charge in [-0.3, -0.25) is 4.99 Å². The highest BCUT2D eigenvalue weighted by molar-refractivity contribution is 7.98. The molecule has 0 unspecified atom stereocenters. The summed E-state index contributed by atoms with van der Waals surface area (Å²) < 4.78 is 0. The fourth-order valence-electron chi connectivity index (χ4n) is 3.29. The molecule has 3 aromatic carbocycles. The van der Waals surface area contributed by atoms with Gasteiger partial charge in [0.15, 0.2) is 0 Å². The van der Waals surface area contributed by atoms with Crippen molar-refractivity contribution in [1.82, 2.24) is 5.32 Å². The van der Waals surface area contributed by atoms with Crippen LogP contribution in [0, 0.1) is 6.92 Å². The van der Waals surface area contributed by atoms with Crippen LogP contribution in [0.1, 0.15) is 23.1 Å². The van der Waals surface area contributed by atoms with Crippen LogP contribution in [-0.2, 0) is 5.75 Å². The first-order valence-electron chi connectivity index (χ1n) is 8.81. The second-order valence-corrected chi connectivity index (χ2v) is 7.39. The smallest absolute Gasteiger partial charge is 0.129 e. The molecular weight excluding hydrogens is 324 g/mol. The number of nitrogens with zero attached hydrogens (tertiary/aromatic N) is 1. The first-order valence-corrected chi connectivity index (χ1v) is 9.79. The van der Waals surface area contributed by atoms with Crippen LogP contribution in [0.25, 0.3) is 10.8 Å². The molecule has 1 N–H and O–H groups in total. The van der Waals surface area contributed by atoms with Crippen molar-refractivity contribution in [2.24, 2.45) is 4.99 Å². The quantitative estimate of drug-likeness (QED) is 0.658. The van der Waals surface area contributed by atoms with E-state index in [9.17, 15) is 0 Å². The molecule has 25 heavy (non-hydrogen) atoms. The van der Waals surface area contributed by atoms with E-state index in [-0.39, 0.29) is 0 Å². The Kier molecular flexibility index (Phi) is 4.75. The average Bonchev–Trinajstić information content (AvgIpc) is 2.68. The number of aryl methyl sites for hydroxylation is 1. The van der Waals surface area contributed by atoms with E-state index < -0.39 is 0 Å². The summed E-state index contributed by atoms with van der Waals surface area (Å²) >= 11 is 1.90. The largest absolute Gasteiger partial charge is 0.370 e. The lowest BCUT2D eigenvalue weighted by molar-refractivity contribution is 0.741. The van der Waals surface area contributed by atoms with Crippen LogP contribution in [0.15, 0.2) is 70.6 Å². The standard InChI is InChI=1S/C22H22N2S/c1-16-11-12-17-7-2-3-8-18(17)20(16)15-25-21-10-5-4-9-19(21)22-23-13-6-14-24-22/h2-5,7-12H,6,13-15H2,1H3,(H,23,24). The average molecular weight is 346 g/mol. The van der Waals surface area contributed by atoms with Crippen LogP contribution in [0.2, 0.25) is 0 Å². The molecule has 1 heterocycles. The number of rotatable bonds is 4. The summed E-state index contributed by atoms with van der Waals surface area (Å²) in [6, 6.07) is 21.7. The predicted molar refractivity (Wildman–Crippen MR) is 109 cm³/mol. The third-order valence-electron chi connectivity index (χ3n) is 4.69. The molecule has 0 amide bonds. The maximum absolute atomic E-state index is 4.68. The summed E-state index contributed by atoms with van der Waals surface area (Å²) in [6.45, 7) is 4.14. The SMILES string of the molecule is Cc1ccc2ccccc2c1CSc1ccccc1C1=NCCCN1. The Bertz CT molecular complexity index is 930. The maximum atomic E-state index is 4.68. The minimum absolute atomic E-state index is 0.920. The van der Waals surface area contributed by atoms with Gasteiger partial charge in [0.2, 0.25) is 0 Å². The number of hydrogen-bond acceptors (Lipinski definition) is 3. The van der Waals surface area contributed by atoms with Crippen molar-refractivity contribution >= 4 is 28.4 Å². The molecule has 0 aromatic heterocycles. The first kappa shape index (κ1) is 16.2. The number of benzene rings is 3. The molecule has 1 aliphatic rings. The van der Waals surface area contributed by atoms with Gasteiger partial charge in [-0.2, -0.15) is 0 Å². The molecule has 0 bridgehead atoms. The molecular formula is C22H22N2S. The second-order valence-electron chi connectivity index (χ2n) is 6.38. The van der Waals surface area contributed by atoms with Crippen LogP contribution in [0.3, 0.4) is 0 Å². The van der Waals surface area contributed by atoms with Crippen molar-refractivity contribution in [3.63, 3.8) is 0 Å². The van der Waals surface area contributed by atoms with Gasteiger partial charge in [0.1, 0.15) is 5.84 Å². The molecule has 126 valence electrons. The second kappa shape index (κ2) is 7.32. The number of aliphatic imine (C=N–C) groups is 1. The lowest BCUT2D eigenvalue weighted by atomic mass is 10.0. The maximum Gasteiger partial charge on any atom is 0.129 e. The molecule has 4 rings (SSSR count). The van der Waals surface area contributed by atoms with Crippen LogP contribution >= 0.6 is 11.8 Å².